The molecule has 0 unspecified atom stereocenters. The van der Waals surface area contributed by atoms with Gasteiger partial charge >= 0.3 is 0 Å². The number of para-hydroxylation sites is 3. The fourth-order valence-corrected chi connectivity index (χ4v) is 9.43. The largest absolute Gasteiger partial charge is 0.455 e. The van der Waals surface area contributed by atoms with Crippen molar-refractivity contribution in [3.05, 3.63) is 182 Å². The Bertz CT molecular complexity index is 3420. The molecule has 12 rings (SSSR count). The Morgan fingerprint density at radius 2 is 0.947 bits per heavy atom. The van der Waals surface area contributed by atoms with Gasteiger partial charge in [0, 0.05) is 58.5 Å². The van der Waals surface area contributed by atoms with Gasteiger partial charge in [-0.1, -0.05) is 121 Å². The number of rotatable bonds is 5. The van der Waals surface area contributed by atoms with E-state index in [2.05, 4.69) is 120 Å². The van der Waals surface area contributed by atoms with Gasteiger partial charge in [0.1, 0.15) is 11.2 Å². The van der Waals surface area contributed by atoms with Crippen molar-refractivity contribution in [1.82, 2.24) is 19.5 Å². The SMILES string of the molecule is c1ccc(-c2nc(-c3ccccc3)nc(-c3cccc4c3oc3cc(-c5ccc6sc7ccc(-n8c9ccccc9c9ccccc98)cc7c6c5)ccc34)n2)cc1. The van der Waals surface area contributed by atoms with Gasteiger partial charge in [-0.05, 0) is 71.8 Å². The van der Waals surface area contributed by atoms with Gasteiger partial charge < -0.3 is 8.98 Å². The molecular formula is C51H30N4OS. The zero-order valence-corrected chi connectivity index (χ0v) is 31.2. The second kappa shape index (κ2) is 12.6. The third-order valence-electron chi connectivity index (χ3n) is 11.1. The van der Waals surface area contributed by atoms with E-state index >= 15 is 0 Å². The van der Waals surface area contributed by atoms with Gasteiger partial charge in [0.2, 0.25) is 0 Å². The summed E-state index contributed by atoms with van der Waals surface area (Å²) in [5.41, 5.74) is 10.1. The highest BCUT2D eigenvalue weighted by Gasteiger charge is 2.19. The molecule has 4 aromatic heterocycles. The Kier molecular flexibility index (Phi) is 7.03. The quantitative estimate of drug-likeness (QED) is 0.176. The third kappa shape index (κ3) is 5.12. The van der Waals surface area contributed by atoms with Gasteiger partial charge in [-0.2, -0.15) is 0 Å². The Morgan fingerprint density at radius 3 is 1.65 bits per heavy atom. The number of nitrogens with zero attached hydrogens (tertiary/aromatic N) is 4. The summed E-state index contributed by atoms with van der Waals surface area (Å²) in [4.78, 5) is 14.9. The first-order valence-electron chi connectivity index (χ1n) is 19.0. The summed E-state index contributed by atoms with van der Waals surface area (Å²) < 4.78 is 11.7. The summed E-state index contributed by atoms with van der Waals surface area (Å²) in [5.74, 6) is 1.81. The average molecular weight is 747 g/mol. The molecule has 0 bridgehead atoms. The molecule has 0 atom stereocenters. The van der Waals surface area contributed by atoms with Gasteiger partial charge in [0.05, 0.1) is 16.6 Å². The van der Waals surface area contributed by atoms with Crippen LogP contribution in [-0.4, -0.2) is 19.5 Å². The van der Waals surface area contributed by atoms with Crippen LogP contribution < -0.4 is 0 Å². The second-order valence-electron chi connectivity index (χ2n) is 14.4. The smallest absolute Gasteiger partial charge is 0.167 e. The summed E-state index contributed by atoms with van der Waals surface area (Å²) in [5, 5.41) is 7.11. The van der Waals surface area contributed by atoms with Crippen LogP contribution in [0.15, 0.2) is 186 Å². The summed E-state index contributed by atoms with van der Waals surface area (Å²) >= 11 is 1.84. The van der Waals surface area contributed by atoms with E-state index in [9.17, 15) is 0 Å². The first-order chi connectivity index (χ1) is 28.2. The molecule has 0 saturated heterocycles. The maximum atomic E-state index is 6.76. The lowest BCUT2D eigenvalue weighted by Gasteiger charge is -2.08. The monoisotopic (exact) mass is 746 g/mol. The third-order valence-corrected chi connectivity index (χ3v) is 12.2. The number of fused-ring (bicyclic) bond motifs is 9. The highest BCUT2D eigenvalue weighted by atomic mass is 32.1. The number of thiophene rings is 1. The predicted molar refractivity (Wildman–Crippen MR) is 236 cm³/mol. The highest BCUT2D eigenvalue weighted by molar-refractivity contribution is 7.25. The van der Waals surface area contributed by atoms with Crippen molar-refractivity contribution in [1.29, 1.82) is 0 Å². The van der Waals surface area contributed by atoms with Crippen LogP contribution in [0.25, 0.3) is 115 Å². The number of hydrogen-bond acceptors (Lipinski definition) is 5. The standard InChI is InChI=1S/C51H30N4OS/c1-3-12-31(13-4-1)49-52-50(32-14-5-2-6-15-32)54-51(53-49)40-19-11-18-39-38-25-22-34(29-45(38)56-48(39)40)33-23-26-46-41(28-33)42-30-35(24-27-47(42)57-46)55-43-20-9-7-16-36(43)37-17-8-10-21-44(37)55/h1-30H. The number of benzene rings is 8. The summed E-state index contributed by atoms with van der Waals surface area (Å²) in [6.07, 6.45) is 0. The van der Waals surface area contributed by atoms with Crippen LogP contribution in [-0.2, 0) is 0 Å². The van der Waals surface area contributed by atoms with Crippen LogP contribution >= 0.6 is 11.3 Å². The van der Waals surface area contributed by atoms with E-state index in [1.165, 1.54) is 42.0 Å². The minimum atomic E-state index is 0.572. The van der Waals surface area contributed by atoms with Gasteiger partial charge in [-0.3, -0.25) is 0 Å². The first-order valence-corrected chi connectivity index (χ1v) is 19.8. The molecule has 0 fully saturated rings. The normalized spacial score (nSPS) is 11.9. The minimum Gasteiger partial charge on any atom is -0.455 e. The van der Waals surface area contributed by atoms with E-state index in [0.29, 0.717) is 17.5 Å². The number of furan rings is 1. The van der Waals surface area contributed by atoms with Crippen molar-refractivity contribution in [3.8, 4) is 51.0 Å². The van der Waals surface area contributed by atoms with Crippen molar-refractivity contribution in [3.63, 3.8) is 0 Å². The first kappa shape index (κ1) is 31.9. The Labute approximate surface area is 330 Å². The molecule has 266 valence electrons. The topological polar surface area (TPSA) is 56.7 Å². The molecule has 0 spiro atoms. The van der Waals surface area contributed by atoms with Gasteiger partial charge in [0.15, 0.2) is 17.5 Å². The maximum Gasteiger partial charge on any atom is 0.167 e. The van der Waals surface area contributed by atoms with Crippen molar-refractivity contribution in [2.45, 2.75) is 0 Å². The van der Waals surface area contributed by atoms with Crippen LogP contribution in [0, 0.1) is 0 Å². The van der Waals surface area contributed by atoms with E-state index in [1.807, 2.05) is 78.1 Å². The second-order valence-corrected chi connectivity index (χ2v) is 15.5. The van der Waals surface area contributed by atoms with Crippen LogP contribution in [0.1, 0.15) is 0 Å². The zero-order valence-electron chi connectivity index (χ0n) is 30.4. The molecule has 57 heavy (non-hydrogen) atoms. The van der Waals surface area contributed by atoms with E-state index in [-0.39, 0.29) is 0 Å². The molecule has 8 aromatic carbocycles. The maximum absolute atomic E-state index is 6.76. The molecule has 0 aliphatic heterocycles. The lowest BCUT2D eigenvalue weighted by atomic mass is 10.0. The van der Waals surface area contributed by atoms with Gasteiger partial charge in [0.25, 0.3) is 0 Å². The van der Waals surface area contributed by atoms with E-state index in [1.54, 1.807) is 0 Å². The Balaban J connectivity index is 0.979. The van der Waals surface area contributed by atoms with E-state index < -0.39 is 0 Å². The molecule has 4 heterocycles. The van der Waals surface area contributed by atoms with Crippen molar-refractivity contribution < 1.29 is 4.42 Å². The predicted octanol–water partition coefficient (Wildman–Crippen LogP) is 13.9. The van der Waals surface area contributed by atoms with Crippen LogP contribution in [0.4, 0.5) is 0 Å². The lowest BCUT2D eigenvalue weighted by molar-refractivity contribution is 0.669. The molecule has 12 aromatic rings. The fourth-order valence-electron chi connectivity index (χ4n) is 8.37. The van der Waals surface area contributed by atoms with Crippen LogP contribution in [0.3, 0.4) is 0 Å². The number of hydrogen-bond donors (Lipinski definition) is 0. The molecule has 0 saturated carbocycles. The molecule has 0 amide bonds. The van der Waals surface area contributed by atoms with E-state index in [4.69, 9.17) is 19.4 Å². The van der Waals surface area contributed by atoms with Crippen molar-refractivity contribution >= 4 is 75.3 Å². The molecule has 0 aliphatic carbocycles. The molecule has 0 aliphatic rings. The van der Waals surface area contributed by atoms with Crippen molar-refractivity contribution in [2.24, 2.45) is 0 Å². The molecular weight excluding hydrogens is 717 g/mol. The molecule has 0 radical (unpaired) electrons. The Hall–Kier alpha value is -7.41. The lowest BCUT2D eigenvalue weighted by Crippen LogP contribution is -2.00. The average Bonchev–Trinajstić information content (AvgIpc) is 3.95. The summed E-state index contributed by atoms with van der Waals surface area (Å²) in [6.45, 7) is 0. The summed E-state index contributed by atoms with van der Waals surface area (Å²) in [6, 6.07) is 63.9. The summed E-state index contributed by atoms with van der Waals surface area (Å²) in [7, 11) is 0. The van der Waals surface area contributed by atoms with Crippen LogP contribution in [0.5, 0.6) is 0 Å². The molecule has 6 heteroatoms. The van der Waals surface area contributed by atoms with E-state index in [0.717, 1.165) is 55.4 Å². The van der Waals surface area contributed by atoms with Crippen molar-refractivity contribution in [2.75, 3.05) is 0 Å². The van der Waals surface area contributed by atoms with Gasteiger partial charge in [-0.25, -0.2) is 15.0 Å². The Morgan fingerprint density at radius 1 is 0.386 bits per heavy atom. The molecule has 0 N–H and O–H groups in total. The minimum absolute atomic E-state index is 0.572. The fraction of sp³-hybridized carbons (Fsp3) is 0. The van der Waals surface area contributed by atoms with Crippen LogP contribution in [0.2, 0.25) is 0 Å². The number of aromatic nitrogens is 4. The molecule has 5 nitrogen and oxygen atoms in total. The highest BCUT2D eigenvalue weighted by Crippen LogP contribution is 2.41. The van der Waals surface area contributed by atoms with Gasteiger partial charge in [-0.15, -0.1) is 11.3 Å². The zero-order chi connectivity index (χ0) is 37.5.